The number of para-hydroxylation sites is 1. The predicted octanol–water partition coefficient (Wildman–Crippen LogP) is 4.30. The van der Waals surface area contributed by atoms with Gasteiger partial charge >= 0.3 is 0 Å². The number of benzene rings is 2. The summed E-state index contributed by atoms with van der Waals surface area (Å²) in [5, 5.41) is 14.7. The van der Waals surface area contributed by atoms with Gasteiger partial charge in [-0.25, -0.2) is 0 Å². The summed E-state index contributed by atoms with van der Waals surface area (Å²) < 4.78 is 0. The van der Waals surface area contributed by atoms with E-state index in [-0.39, 0.29) is 11.6 Å². The number of halogens is 1. The van der Waals surface area contributed by atoms with Gasteiger partial charge in [-0.1, -0.05) is 48.0 Å². The third-order valence-electron chi connectivity index (χ3n) is 3.71. The fraction of sp³-hybridized carbons (Fsp3) is 0.105. The van der Waals surface area contributed by atoms with E-state index in [4.69, 9.17) is 11.6 Å². The number of anilines is 2. The maximum atomic E-state index is 12.3. The largest absolute Gasteiger partial charge is 0.364 e. The zero-order chi connectivity index (χ0) is 17.6. The lowest BCUT2D eigenvalue weighted by molar-refractivity contribution is 0.102. The van der Waals surface area contributed by atoms with Crippen molar-refractivity contribution in [2.75, 3.05) is 10.6 Å². The van der Waals surface area contributed by atoms with E-state index in [0.717, 1.165) is 16.8 Å². The minimum Gasteiger partial charge on any atom is -0.364 e. The zero-order valence-corrected chi connectivity index (χ0v) is 14.4. The van der Waals surface area contributed by atoms with Gasteiger partial charge in [0.1, 0.15) is 5.82 Å². The van der Waals surface area contributed by atoms with E-state index in [2.05, 4.69) is 20.8 Å². The van der Waals surface area contributed by atoms with Gasteiger partial charge in [-0.15, -0.1) is 10.2 Å². The van der Waals surface area contributed by atoms with Crippen LogP contribution in [0, 0.1) is 6.92 Å². The molecule has 126 valence electrons. The van der Waals surface area contributed by atoms with Crippen molar-refractivity contribution in [3.05, 3.63) is 82.5 Å². The molecule has 1 heterocycles. The number of carbonyl (C=O) groups is 1. The Hall–Kier alpha value is -2.92. The molecule has 1 amide bonds. The first-order valence-corrected chi connectivity index (χ1v) is 8.19. The van der Waals surface area contributed by atoms with Crippen molar-refractivity contribution >= 4 is 29.0 Å². The van der Waals surface area contributed by atoms with E-state index in [1.807, 2.05) is 55.5 Å². The standard InChI is InChI=1S/C19H17ClN4O/c1-13-6-2-5-9-16(13)22-19(25)17-10-11-18(24-23-17)21-12-14-7-3-4-8-15(14)20/h2-11H,12H2,1H3,(H,21,24)(H,22,25). The summed E-state index contributed by atoms with van der Waals surface area (Å²) in [5.41, 5.74) is 2.97. The second-order valence-corrected chi connectivity index (χ2v) is 5.93. The van der Waals surface area contributed by atoms with Gasteiger partial charge in [0, 0.05) is 17.3 Å². The monoisotopic (exact) mass is 352 g/mol. The molecule has 0 radical (unpaired) electrons. The van der Waals surface area contributed by atoms with Crippen LogP contribution in [0.15, 0.2) is 60.7 Å². The topological polar surface area (TPSA) is 66.9 Å². The first-order chi connectivity index (χ1) is 12.1. The average molecular weight is 353 g/mol. The van der Waals surface area contributed by atoms with Crippen LogP contribution in [-0.2, 0) is 6.54 Å². The molecule has 25 heavy (non-hydrogen) atoms. The third-order valence-corrected chi connectivity index (χ3v) is 4.08. The lowest BCUT2D eigenvalue weighted by Crippen LogP contribution is -2.15. The van der Waals surface area contributed by atoms with Gasteiger partial charge in [0.05, 0.1) is 0 Å². The number of rotatable bonds is 5. The molecule has 0 fully saturated rings. The van der Waals surface area contributed by atoms with Crippen LogP contribution in [0.5, 0.6) is 0 Å². The molecule has 3 aromatic rings. The Labute approximate surface area is 151 Å². The molecule has 0 bridgehead atoms. The average Bonchev–Trinajstić information content (AvgIpc) is 2.63. The molecule has 3 rings (SSSR count). The van der Waals surface area contributed by atoms with Gasteiger partial charge in [-0.3, -0.25) is 4.79 Å². The number of carbonyl (C=O) groups excluding carboxylic acids is 1. The third kappa shape index (κ3) is 4.33. The quantitative estimate of drug-likeness (QED) is 0.718. The SMILES string of the molecule is Cc1ccccc1NC(=O)c1ccc(NCc2ccccc2Cl)nn1. The molecule has 0 unspecified atom stereocenters. The molecule has 0 aliphatic heterocycles. The maximum absolute atomic E-state index is 12.3. The van der Waals surface area contributed by atoms with E-state index in [1.165, 1.54) is 0 Å². The van der Waals surface area contributed by atoms with Crippen molar-refractivity contribution in [1.82, 2.24) is 10.2 Å². The molecule has 5 nitrogen and oxygen atoms in total. The Bertz CT molecular complexity index is 881. The van der Waals surface area contributed by atoms with Crippen molar-refractivity contribution in [3.63, 3.8) is 0 Å². The van der Waals surface area contributed by atoms with E-state index in [9.17, 15) is 4.79 Å². The maximum Gasteiger partial charge on any atom is 0.276 e. The molecule has 0 saturated carbocycles. The van der Waals surface area contributed by atoms with Gasteiger partial charge in [0.15, 0.2) is 5.69 Å². The molecule has 2 aromatic carbocycles. The highest BCUT2D eigenvalue weighted by Crippen LogP contribution is 2.17. The fourth-order valence-electron chi connectivity index (χ4n) is 2.27. The first-order valence-electron chi connectivity index (χ1n) is 7.81. The lowest BCUT2D eigenvalue weighted by Gasteiger charge is -2.09. The second kappa shape index (κ2) is 7.77. The number of aromatic nitrogens is 2. The number of amides is 1. The minimum absolute atomic E-state index is 0.256. The van der Waals surface area contributed by atoms with Gasteiger partial charge in [-0.2, -0.15) is 0 Å². The van der Waals surface area contributed by atoms with Crippen molar-refractivity contribution in [1.29, 1.82) is 0 Å². The molecule has 0 spiro atoms. The summed E-state index contributed by atoms with van der Waals surface area (Å²) in [7, 11) is 0. The van der Waals surface area contributed by atoms with Gasteiger partial charge < -0.3 is 10.6 Å². The molecule has 0 aliphatic rings. The Kier molecular flexibility index (Phi) is 5.26. The van der Waals surface area contributed by atoms with Gasteiger partial charge in [-0.05, 0) is 42.3 Å². The number of nitrogens with zero attached hydrogens (tertiary/aromatic N) is 2. The molecule has 0 atom stereocenters. The van der Waals surface area contributed by atoms with E-state index >= 15 is 0 Å². The molecule has 6 heteroatoms. The van der Waals surface area contributed by atoms with Crippen LogP contribution in [0.3, 0.4) is 0 Å². The Morgan fingerprint density at radius 1 is 1.00 bits per heavy atom. The molecule has 0 aliphatic carbocycles. The van der Waals surface area contributed by atoms with Crippen molar-refractivity contribution in [2.24, 2.45) is 0 Å². The highest BCUT2D eigenvalue weighted by molar-refractivity contribution is 6.31. The smallest absolute Gasteiger partial charge is 0.276 e. The van der Waals surface area contributed by atoms with Crippen LogP contribution in [0.4, 0.5) is 11.5 Å². The summed E-state index contributed by atoms with van der Waals surface area (Å²) >= 11 is 6.12. The first kappa shape index (κ1) is 16.9. The van der Waals surface area contributed by atoms with Gasteiger partial charge in [0.2, 0.25) is 0 Å². The van der Waals surface area contributed by atoms with Crippen LogP contribution in [0.1, 0.15) is 21.6 Å². The highest BCUT2D eigenvalue weighted by Gasteiger charge is 2.10. The van der Waals surface area contributed by atoms with Crippen LogP contribution >= 0.6 is 11.6 Å². The molecule has 2 N–H and O–H groups in total. The van der Waals surface area contributed by atoms with Crippen LogP contribution in [0.2, 0.25) is 5.02 Å². The van der Waals surface area contributed by atoms with E-state index < -0.39 is 0 Å². The molecule has 1 aromatic heterocycles. The second-order valence-electron chi connectivity index (χ2n) is 5.52. The Morgan fingerprint density at radius 2 is 1.76 bits per heavy atom. The highest BCUT2D eigenvalue weighted by atomic mass is 35.5. The number of nitrogens with one attached hydrogen (secondary N) is 2. The normalized spacial score (nSPS) is 10.3. The van der Waals surface area contributed by atoms with Gasteiger partial charge in [0.25, 0.3) is 5.91 Å². The summed E-state index contributed by atoms with van der Waals surface area (Å²) in [5.74, 6) is 0.284. The summed E-state index contributed by atoms with van der Waals surface area (Å²) in [6.45, 7) is 2.46. The zero-order valence-electron chi connectivity index (χ0n) is 13.7. The van der Waals surface area contributed by atoms with Crippen molar-refractivity contribution < 1.29 is 4.79 Å². The van der Waals surface area contributed by atoms with E-state index in [0.29, 0.717) is 17.4 Å². The lowest BCUT2D eigenvalue weighted by atomic mass is 10.2. The van der Waals surface area contributed by atoms with Crippen LogP contribution in [-0.4, -0.2) is 16.1 Å². The molecule has 0 saturated heterocycles. The molecular weight excluding hydrogens is 336 g/mol. The Morgan fingerprint density at radius 3 is 2.48 bits per heavy atom. The summed E-state index contributed by atoms with van der Waals surface area (Å²) in [6.07, 6.45) is 0. The predicted molar refractivity (Wildman–Crippen MR) is 99.9 cm³/mol. The number of hydrogen-bond donors (Lipinski definition) is 2. The summed E-state index contributed by atoms with van der Waals surface area (Å²) in [6, 6.07) is 18.5. The Balaban J connectivity index is 1.63. The van der Waals surface area contributed by atoms with Crippen molar-refractivity contribution in [3.8, 4) is 0 Å². The van der Waals surface area contributed by atoms with E-state index in [1.54, 1.807) is 12.1 Å². The fourth-order valence-corrected chi connectivity index (χ4v) is 2.48. The van der Waals surface area contributed by atoms with Crippen molar-refractivity contribution in [2.45, 2.75) is 13.5 Å². The van der Waals surface area contributed by atoms with Crippen LogP contribution in [0.25, 0.3) is 0 Å². The number of hydrogen-bond acceptors (Lipinski definition) is 4. The van der Waals surface area contributed by atoms with Crippen LogP contribution < -0.4 is 10.6 Å². The number of aryl methyl sites for hydroxylation is 1. The summed E-state index contributed by atoms with van der Waals surface area (Å²) in [4.78, 5) is 12.3. The minimum atomic E-state index is -0.292. The molecular formula is C19H17ClN4O.